The van der Waals surface area contributed by atoms with Gasteiger partial charge in [-0.25, -0.2) is 12.8 Å². The van der Waals surface area contributed by atoms with Crippen LogP contribution in [0.2, 0.25) is 0 Å². The number of benzene rings is 2. The van der Waals surface area contributed by atoms with E-state index in [1.165, 1.54) is 18.2 Å². The van der Waals surface area contributed by atoms with Crippen LogP contribution in [0.25, 0.3) is 0 Å². The normalized spacial score (nSPS) is 11.1. The lowest BCUT2D eigenvalue weighted by Gasteiger charge is -2.22. The van der Waals surface area contributed by atoms with Gasteiger partial charge >= 0.3 is 0 Å². The molecular weight excluding hydrogens is 383 g/mol. The summed E-state index contributed by atoms with van der Waals surface area (Å²) in [5, 5.41) is 2.73. The SMILES string of the molecule is Cc1ccccc1OCCNC(=O)CCCN(c1ccccc1F)S(C)(=O)=O. The number of rotatable bonds is 10. The first-order valence-electron chi connectivity index (χ1n) is 8.96. The zero-order valence-corrected chi connectivity index (χ0v) is 16.8. The van der Waals surface area contributed by atoms with Crippen molar-refractivity contribution in [2.45, 2.75) is 19.8 Å². The maximum absolute atomic E-state index is 13.9. The molecule has 0 saturated heterocycles. The number of nitrogens with one attached hydrogen (secondary N) is 1. The molecule has 1 amide bonds. The molecule has 1 N–H and O–H groups in total. The van der Waals surface area contributed by atoms with Crippen LogP contribution in [0.4, 0.5) is 10.1 Å². The van der Waals surface area contributed by atoms with Crippen molar-refractivity contribution >= 4 is 21.6 Å². The summed E-state index contributed by atoms with van der Waals surface area (Å²) in [4.78, 5) is 11.9. The second kappa shape index (κ2) is 10.1. The monoisotopic (exact) mass is 408 g/mol. The number of anilines is 1. The van der Waals surface area contributed by atoms with Crippen LogP contribution >= 0.6 is 0 Å². The summed E-state index contributed by atoms with van der Waals surface area (Å²) in [5.74, 6) is -0.0634. The van der Waals surface area contributed by atoms with E-state index in [4.69, 9.17) is 4.74 Å². The number of carbonyl (C=O) groups excluding carboxylic acids is 1. The number of ether oxygens (including phenoxy) is 1. The second-order valence-corrected chi connectivity index (χ2v) is 8.26. The van der Waals surface area contributed by atoms with Gasteiger partial charge in [-0.2, -0.15) is 0 Å². The minimum Gasteiger partial charge on any atom is -0.491 e. The molecule has 0 aliphatic heterocycles. The third kappa shape index (κ3) is 6.53. The summed E-state index contributed by atoms with van der Waals surface area (Å²) in [6.45, 7) is 2.64. The summed E-state index contributed by atoms with van der Waals surface area (Å²) in [7, 11) is -3.65. The summed E-state index contributed by atoms with van der Waals surface area (Å²) >= 11 is 0. The molecule has 152 valence electrons. The predicted molar refractivity (Wildman–Crippen MR) is 108 cm³/mol. The van der Waals surface area contributed by atoms with E-state index in [9.17, 15) is 17.6 Å². The van der Waals surface area contributed by atoms with Gasteiger partial charge in [-0.15, -0.1) is 0 Å². The molecule has 0 unspecified atom stereocenters. The molecule has 0 heterocycles. The molecule has 0 aliphatic carbocycles. The van der Waals surface area contributed by atoms with E-state index in [0.717, 1.165) is 21.9 Å². The van der Waals surface area contributed by atoms with Crippen LogP contribution in [0.3, 0.4) is 0 Å². The molecule has 0 fully saturated rings. The predicted octanol–water partition coefficient (Wildman–Crippen LogP) is 2.88. The number of hydrogen-bond acceptors (Lipinski definition) is 4. The van der Waals surface area contributed by atoms with Gasteiger partial charge in [0.25, 0.3) is 0 Å². The minimum absolute atomic E-state index is 0.0166. The van der Waals surface area contributed by atoms with Crippen molar-refractivity contribution in [3.8, 4) is 5.75 Å². The molecule has 0 bridgehead atoms. The van der Waals surface area contributed by atoms with E-state index < -0.39 is 15.8 Å². The highest BCUT2D eigenvalue weighted by atomic mass is 32.2. The Morgan fingerprint density at radius 3 is 2.50 bits per heavy atom. The lowest BCUT2D eigenvalue weighted by atomic mass is 10.2. The van der Waals surface area contributed by atoms with Crippen molar-refractivity contribution in [2.75, 3.05) is 30.3 Å². The van der Waals surface area contributed by atoms with Crippen LogP contribution < -0.4 is 14.4 Å². The summed E-state index contributed by atoms with van der Waals surface area (Å²) in [6.07, 6.45) is 1.42. The van der Waals surface area contributed by atoms with Crippen molar-refractivity contribution in [1.29, 1.82) is 0 Å². The molecule has 0 atom stereocenters. The zero-order valence-electron chi connectivity index (χ0n) is 16.0. The molecule has 0 aliphatic rings. The highest BCUT2D eigenvalue weighted by Gasteiger charge is 2.20. The van der Waals surface area contributed by atoms with Gasteiger partial charge in [0.15, 0.2) is 0 Å². The van der Waals surface area contributed by atoms with Crippen LogP contribution in [-0.2, 0) is 14.8 Å². The minimum atomic E-state index is -3.65. The van der Waals surface area contributed by atoms with Gasteiger partial charge in [-0.3, -0.25) is 9.10 Å². The van der Waals surface area contributed by atoms with Gasteiger partial charge < -0.3 is 10.1 Å². The number of sulfonamides is 1. The largest absolute Gasteiger partial charge is 0.491 e. The summed E-state index contributed by atoms with van der Waals surface area (Å²) < 4.78 is 44.5. The number of aryl methyl sites for hydroxylation is 1. The maximum Gasteiger partial charge on any atom is 0.232 e. The van der Waals surface area contributed by atoms with Crippen molar-refractivity contribution in [3.05, 3.63) is 59.9 Å². The fourth-order valence-corrected chi connectivity index (χ4v) is 3.63. The van der Waals surface area contributed by atoms with Gasteiger partial charge in [-0.1, -0.05) is 30.3 Å². The Bertz CT molecular complexity index is 903. The molecule has 2 rings (SSSR count). The van der Waals surface area contributed by atoms with Crippen molar-refractivity contribution in [2.24, 2.45) is 0 Å². The fourth-order valence-electron chi connectivity index (χ4n) is 2.66. The van der Waals surface area contributed by atoms with Gasteiger partial charge in [-0.05, 0) is 37.1 Å². The first kappa shape index (κ1) is 21.7. The second-order valence-electron chi connectivity index (χ2n) is 6.35. The first-order chi connectivity index (χ1) is 13.3. The average Bonchev–Trinajstić information content (AvgIpc) is 2.64. The van der Waals surface area contributed by atoms with Gasteiger partial charge in [0.1, 0.15) is 18.2 Å². The molecule has 0 spiro atoms. The van der Waals surface area contributed by atoms with Crippen molar-refractivity contribution in [3.63, 3.8) is 0 Å². The average molecular weight is 408 g/mol. The molecule has 2 aromatic carbocycles. The standard InChI is InChI=1S/C20H25FN2O4S/c1-16-8-3-6-11-19(16)27-15-13-22-20(24)12-7-14-23(28(2,25)26)18-10-5-4-9-17(18)21/h3-6,8-11H,7,12-15H2,1-2H3,(H,22,24). The number of halogens is 1. The molecule has 2 aromatic rings. The third-order valence-electron chi connectivity index (χ3n) is 4.06. The lowest BCUT2D eigenvalue weighted by molar-refractivity contribution is -0.121. The van der Waals surface area contributed by atoms with E-state index in [-0.39, 0.29) is 31.0 Å². The van der Waals surface area contributed by atoms with E-state index in [1.54, 1.807) is 6.07 Å². The van der Waals surface area contributed by atoms with E-state index in [0.29, 0.717) is 13.2 Å². The van der Waals surface area contributed by atoms with E-state index >= 15 is 0 Å². The number of hydrogen-bond donors (Lipinski definition) is 1. The topological polar surface area (TPSA) is 75.7 Å². The van der Waals surface area contributed by atoms with Crippen LogP contribution in [0.5, 0.6) is 5.75 Å². The smallest absolute Gasteiger partial charge is 0.232 e. The lowest BCUT2D eigenvalue weighted by Crippen LogP contribution is -2.33. The van der Waals surface area contributed by atoms with Crippen LogP contribution in [0.15, 0.2) is 48.5 Å². The van der Waals surface area contributed by atoms with Gasteiger partial charge in [0.05, 0.1) is 18.5 Å². The van der Waals surface area contributed by atoms with Crippen LogP contribution in [0.1, 0.15) is 18.4 Å². The number of carbonyl (C=O) groups is 1. The first-order valence-corrected chi connectivity index (χ1v) is 10.8. The molecule has 6 nitrogen and oxygen atoms in total. The van der Waals surface area contributed by atoms with E-state index in [2.05, 4.69) is 5.32 Å². The highest BCUT2D eigenvalue weighted by Crippen LogP contribution is 2.21. The number of para-hydroxylation sites is 2. The summed E-state index contributed by atoms with van der Waals surface area (Å²) in [5.41, 5.74) is 1.000. The maximum atomic E-state index is 13.9. The van der Waals surface area contributed by atoms with Crippen molar-refractivity contribution < 1.29 is 22.3 Å². The Hall–Kier alpha value is -2.61. The Labute approximate surface area is 165 Å². The molecule has 0 aromatic heterocycles. The molecule has 28 heavy (non-hydrogen) atoms. The molecule has 8 heteroatoms. The van der Waals surface area contributed by atoms with Gasteiger partial charge in [0.2, 0.25) is 15.9 Å². The Morgan fingerprint density at radius 1 is 1.14 bits per heavy atom. The molecular formula is C20H25FN2O4S. The quantitative estimate of drug-likeness (QED) is 0.614. The highest BCUT2D eigenvalue weighted by molar-refractivity contribution is 7.92. The number of amides is 1. The molecule has 0 radical (unpaired) electrons. The van der Waals surface area contributed by atoms with Gasteiger partial charge in [0, 0.05) is 13.0 Å². The number of nitrogens with zero attached hydrogens (tertiary/aromatic N) is 1. The van der Waals surface area contributed by atoms with Crippen molar-refractivity contribution in [1.82, 2.24) is 5.32 Å². The Kier molecular flexibility index (Phi) is 7.80. The Balaban J connectivity index is 1.77. The van der Waals surface area contributed by atoms with E-state index in [1.807, 2.05) is 31.2 Å². The van der Waals surface area contributed by atoms with Crippen LogP contribution in [0, 0.1) is 12.7 Å². The van der Waals surface area contributed by atoms with Crippen LogP contribution in [-0.4, -0.2) is 40.3 Å². The summed E-state index contributed by atoms with van der Waals surface area (Å²) in [6, 6.07) is 13.3. The third-order valence-corrected chi connectivity index (χ3v) is 5.24. The fraction of sp³-hybridized carbons (Fsp3) is 0.350. The zero-order chi connectivity index (χ0) is 20.6. The Morgan fingerprint density at radius 2 is 1.82 bits per heavy atom. The molecule has 0 saturated carbocycles.